The normalized spacial score (nSPS) is 28.3. The molecular weight excluding hydrogens is 366 g/mol. The molecule has 1 aromatic rings. The van der Waals surface area contributed by atoms with Crippen molar-refractivity contribution in [2.24, 2.45) is 17.6 Å². The fraction of sp³-hybridized carbons (Fsp3) is 0.652. The summed E-state index contributed by atoms with van der Waals surface area (Å²) < 4.78 is 5.57. The number of hydrogen-bond acceptors (Lipinski definition) is 4. The number of carbonyl (C=O) groups excluding carboxylic acids is 2. The van der Waals surface area contributed by atoms with E-state index in [1.807, 2.05) is 40.1 Å². The van der Waals surface area contributed by atoms with Crippen LogP contribution in [-0.4, -0.2) is 53.0 Å². The topological polar surface area (TPSA) is 75.9 Å². The summed E-state index contributed by atoms with van der Waals surface area (Å²) in [7, 11) is 0. The number of likely N-dealkylation sites (tertiary alicyclic amines) is 2. The molecule has 0 bridgehead atoms. The van der Waals surface area contributed by atoms with Crippen LogP contribution in [0.5, 0.6) is 0 Å². The fourth-order valence-corrected chi connectivity index (χ4v) is 5.53. The van der Waals surface area contributed by atoms with Gasteiger partial charge in [-0.2, -0.15) is 0 Å². The zero-order valence-corrected chi connectivity index (χ0v) is 17.3. The van der Waals surface area contributed by atoms with Crippen molar-refractivity contribution in [3.8, 4) is 0 Å². The number of amides is 2. The van der Waals surface area contributed by atoms with Gasteiger partial charge in [-0.15, -0.1) is 0 Å². The molecule has 6 heteroatoms. The summed E-state index contributed by atoms with van der Waals surface area (Å²) in [6.45, 7) is 3.71. The van der Waals surface area contributed by atoms with Crippen LogP contribution in [0.15, 0.2) is 30.3 Å². The number of fused-ring (bicyclic) bond motifs is 1. The van der Waals surface area contributed by atoms with Crippen molar-refractivity contribution in [1.29, 1.82) is 0 Å². The molecule has 6 nitrogen and oxygen atoms in total. The lowest BCUT2D eigenvalue weighted by Gasteiger charge is -2.33. The number of hydrogen-bond donors (Lipinski definition) is 1. The van der Waals surface area contributed by atoms with E-state index in [4.69, 9.17) is 10.5 Å². The third kappa shape index (κ3) is 4.13. The van der Waals surface area contributed by atoms with E-state index in [9.17, 15) is 9.59 Å². The predicted molar refractivity (Wildman–Crippen MR) is 111 cm³/mol. The molecule has 0 unspecified atom stereocenters. The Bertz CT molecular complexity index is 719. The van der Waals surface area contributed by atoms with Gasteiger partial charge in [0.05, 0.1) is 18.1 Å². The van der Waals surface area contributed by atoms with Crippen molar-refractivity contribution in [2.45, 2.75) is 70.2 Å². The molecule has 2 amide bonds. The van der Waals surface area contributed by atoms with Gasteiger partial charge in [0.1, 0.15) is 6.61 Å². The van der Waals surface area contributed by atoms with Gasteiger partial charge in [0.25, 0.3) is 0 Å². The molecule has 3 aliphatic rings. The molecule has 3 fully saturated rings. The quantitative estimate of drug-likeness (QED) is 0.844. The molecule has 0 spiro atoms. The van der Waals surface area contributed by atoms with Crippen LogP contribution in [-0.2, 0) is 16.1 Å². The predicted octanol–water partition coefficient (Wildman–Crippen LogP) is 3.15. The first kappa shape index (κ1) is 20.2. The average Bonchev–Trinajstić information content (AvgIpc) is 3.34. The molecule has 0 aromatic heterocycles. The van der Waals surface area contributed by atoms with Crippen molar-refractivity contribution in [3.63, 3.8) is 0 Å². The van der Waals surface area contributed by atoms with Gasteiger partial charge in [0, 0.05) is 13.1 Å². The highest BCUT2D eigenvalue weighted by molar-refractivity contribution is 5.83. The zero-order valence-electron chi connectivity index (χ0n) is 17.3. The van der Waals surface area contributed by atoms with E-state index in [0.717, 1.165) is 24.8 Å². The number of benzene rings is 1. The Labute approximate surface area is 173 Å². The van der Waals surface area contributed by atoms with Crippen molar-refractivity contribution >= 4 is 12.0 Å². The molecule has 2 saturated heterocycles. The van der Waals surface area contributed by atoms with Gasteiger partial charge in [-0.25, -0.2) is 4.79 Å². The van der Waals surface area contributed by atoms with Crippen LogP contribution in [0.2, 0.25) is 0 Å². The van der Waals surface area contributed by atoms with E-state index in [0.29, 0.717) is 19.0 Å². The first-order valence-corrected chi connectivity index (χ1v) is 11.1. The van der Waals surface area contributed by atoms with Crippen molar-refractivity contribution in [1.82, 2.24) is 9.80 Å². The summed E-state index contributed by atoms with van der Waals surface area (Å²) in [6, 6.07) is 9.41. The van der Waals surface area contributed by atoms with Crippen LogP contribution in [0, 0.1) is 11.8 Å². The van der Waals surface area contributed by atoms with Gasteiger partial charge in [0.2, 0.25) is 5.91 Å². The van der Waals surface area contributed by atoms with E-state index >= 15 is 0 Å². The number of nitrogens with two attached hydrogens (primary N) is 1. The van der Waals surface area contributed by atoms with E-state index in [2.05, 4.69) is 6.92 Å². The smallest absolute Gasteiger partial charge is 0.410 e. The second kappa shape index (κ2) is 8.74. The van der Waals surface area contributed by atoms with Gasteiger partial charge in [0.15, 0.2) is 0 Å². The first-order chi connectivity index (χ1) is 14.1. The second-order valence-electron chi connectivity index (χ2n) is 8.97. The van der Waals surface area contributed by atoms with E-state index in [1.165, 1.54) is 19.3 Å². The largest absolute Gasteiger partial charge is 0.445 e. The molecule has 2 aliphatic heterocycles. The Balaban J connectivity index is 1.38. The number of nitrogens with zero attached hydrogens (tertiary/aromatic N) is 2. The van der Waals surface area contributed by atoms with Crippen LogP contribution < -0.4 is 5.73 Å². The molecule has 2 heterocycles. The number of rotatable bonds is 4. The Morgan fingerprint density at radius 2 is 1.83 bits per heavy atom. The van der Waals surface area contributed by atoms with E-state index in [-0.39, 0.29) is 36.6 Å². The minimum Gasteiger partial charge on any atom is -0.445 e. The molecule has 4 atom stereocenters. The summed E-state index contributed by atoms with van der Waals surface area (Å²) in [5.74, 6) is 0.615. The van der Waals surface area contributed by atoms with E-state index in [1.54, 1.807) is 0 Å². The third-order valence-electron chi connectivity index (χ3n) is 7.05. The minimum atomic E-state index is -0.402. The Morgan fingerprint density at radius 1 is 1.10 bits per heavy atom. The fourth-order valence-electron chi connectivity index (χ4n) is 5.53. The van der Waals surface area contributed by atoms with Gasteiger partial charge in [-0.3, -0.25) is 4.79 Å². The molecule has 158 valence electrons. The molecule has 1 aliphatic carbocycles. The zero-order chi connectivity index (χ0) is 20.4. The summed E-state index contributed by atoms with van der Waals surface area (Å²) >= 11 is 0. The maximum Gasteiger partial charge on any atom is 0.410 e. The average molecular weight is 400 g/mol. The van der Waals surface area contributed by atoms with Crippen molar-refractivity contribution < 1.29 is 14.3 Å². The molecule has 2 N–H and O–H groups in total. The molecule has 1 aromatic carbocycles. The second-order valence-corrected chi connectivity index (χ2v) is 8.97. The first-order valence-electron chi connectivity index (χ1n) is 11.1. The highest BCUT2D eigenvalue weighted by Crippen LogP contribution is 2.37. The Kier molecular flexibility index (Phi) is 6.09. The minimum absolute atomic E-state index is 0.0378. The molecule has 29 heavy (non-hydrogen) atoms. The summed E-state index contributed by atoms with van der Waals surface area (Å²) in [5, 5.41) is 0. The molecule has 1 saturated carbocycles. The molecule has 4 rings (SSSR count). The standard InChI is InChI=1S/C23H33N3O3/c1-16-14-26(23(28)29-15-17-8-4-2-5-9-17)19-12-13-25(21(16)19)22(27)20(24)18-10-6-3-7-11-18/h2,4-5,8-9,16,18-21H,3,6-7,10-15,24H2,1H3/t16-,19+,20-,21+/m0/s1. The van der Waals surface area contributed by atoms with Crippen molar-refractivity contribution in [3.05, 3.63) is 35.9 Å². The third-order valence-corrected chi connectivity index (χ3v) is 7.05. The Hall–Kier alpha value is -2.08. The molecular formula is C23H33N3O3. The summed E-state index contributed by atoms with van der Waals surface area (Å²) in [4.78, 5) is 29.7. The van der Waals surface area contributed by atoms with Crippen molar-refractivity contribution in [2.75, 3.05) is 13.1 Å². The van der Waals surface area contributed by atoms with Crippen LogP contribution in [0.1, 0.15) is 51.0 Å². The van der Waals surface area contributed by atoms with Crippen LogP contribution in [0.25, 0.3) is 0 Å². The van der Waals surface area contributed by atoms with Gasteiger partial charge < -0.3 is 20.3 Å². The monoisotopic (exact) mass is 399 g/mol. The SMILES string of the molecule is C[C@H]1CN(C(=O)OCc2ccccc2)[C@@H]2CCN(C(=O)[C@@H](N)C3CCCCC3)[C@@H]21. The van der Waals surface area contributed by atoms with Gasteiger partial charge in [-0.1, -0.05) is 56.5 Å². The van der Waals surface area contributed by atoms with E-state index < -0.39 is 6.04 Å². The van der Waals surface area contributed by atoms with Gasteiger partial charge >= 0.3 is 6.09 Å². The Morgan fingerprint density at radius 3 is 2.55 bits per heavy atom. The highest BCUT2D eigenvalue weighted by Gasteiger charge is 2.51. The van der Waals surface area contributed by atoms with Gasteiger partial charge in [-0.05, 0) is 36.7 Å². The molecule has 0 radical (unpaired) electrons. The summed E-state index contributed by atoms with van der Waals surface area (Å²) in [6.07, 6.45) is 6.25. The lowest BCUT2D eigenvalue weighted by molar-refractivity contribution is -0.135. The lowest BCUT2D eigenvalue weighted by atomic mass is 9.83. The maximum atomic E-state index is 13.2. The van der Waals surface area contributed by atoms with Crippen LogP contribution in [0.4, 0.5) is 4.79 Å². The van der Waals surface area contributed by atoms with Crippen LogP contribution >= 0.6 is 0 Å². The summed E-state index contributed by atoms with van der Waals surface area (Å²) in [5.41, 5.74) is 7.39. The lowest BCUT2D eigenvalue weighted by Crippen LogP contribution is -2.52. The van der Waals surface area contributed by atoms with Crippen LogP contribution in [0.3, 0.4) is 0 Å². The highest BCUT2D eigenvalue weighted by atomic mass is 16.6. The number of ether oxygens (including phenoxy) is 1. The number of carbonyl (C=O) groups is 2. The maximum absolute atomic E-state index is 13.2.